The molecule has 0 saturated heterocycles. The second-order valence-corrected chi connectivity index (χ2v) is 5.28. The van der Waals surface area contributed by atoms with Gasteiger partial charge in [0.25, 0.3) is 5.35 Å². The molecule has 2 aromatic carbocycles. The second kappa shape index (κ2) is 5.62. The first-order valence-corrected chi connectivity index (χ1v) is 7.02. The van der Waals surface area contributed by atoms with Gasteiger partial charge >= 0.3 is 0 Å². The Morgan fingerprint density at radius 3 is 2.19 bits per heavy atom. The molecule has 3 aromatic rings. The van der Waals surface area contributed by atoms with Crippen LogP contribution < -0.4 is 4.90 Å². The smallest absolute Gasteiger partial charge is 0.293 e. The number of oxazole rings is 1. The minimum absolute atomic E-state index is 0.153. The number of benzene rings is 2. The lowest BCUT2D eigenvalue weighted by atomic mass is 10.1. The Bertz CT molecular complexity index is 733. The van der Waals surface area contributed by atoms with Gasteiger partial charge in [0.1, 0.15) is 5.69 Å². The summed E-state index contributed by atoms with van der Waals surface area (Å²) in [4.78, 5) is 6.35. The Hall–Kier alpha value is -2.26. The molecule has 0 unspecified atom stereocenters. The predicted octanol–water partition coefficient (Wildman–Crippen LogP) is 4.73. The minimum Gasteiger partial charge on any atom is -0.427 e. The van der Waals surface area contributed by atoms with Crippen LogP contribution in [0.4, 0.5) is 5.69 Å². The quantitative estimate of drug-likeness (QED) is 0.700. The number of hydrogen-bond acceptors (Lipinski definition) is 3. The van der Waals surface area contributed by atoms with Crippen LogP contribution in [0.1, 0.15) is 0 Å². The van der Waals surface area contributed by atoms with Gasteiger partial charge in [-0.1, -0.05) is 30.3 Å². The van der Waals surface area contributed by atoms with Crippen molar-refractivity contribution < 1.29 is 4.42 Å². The maximum absolute atomic E-state index is 5.96. The van der Waals surface area contributed by atoms with E-state index in [-0.39, 0.29) is 5.35 Å². The van der Waals surface area contributed by atoms with Crippen molar-refractivity contribution in [1.29, 1.82) is 0 Å². The summed E-state index contributed by atoms with van der Waals surface area (Å²) in [5.41, 5.74) is 3.84. The van der Waals surface area contributed by atoms with E-state index in [9.17, 15) is 0 Å². The third-order valence-electron chi connectivity index (χ3n) is 3.29. The number of nitrogens with zero attached hydrogens (tertiary/aromatic N) is 2. The Kier molecular flexibility index (Phi) is 3.67. The predicted molar refractivity (Wildman–Crippen MR) is 86.7 cm³/mol. The van der Waals surface area contributed by atoms with Crippen molar-refractivity contribution in [3.63, 3.8) is 0 Å². The third-order valence-corrected chi connectivity index (χ3v) is 3.46. The van der Waals surface area contributed by atoms with E-state index in [1.54, 1.807) is 0 Å². The zero-order valence-electron chi connectivity index (χ0n) is 11.9. The number of hydrogen-bond donors (Lipinski definition) is 0. The largest absolute Gasteiger partial charge is 0.427 e. The van der Waals surface area contributed by atoms with Crippen LogP contribution in [-0.2, 0) is 0 Å². The van der Waals surface area contributed by atoms with Gasteiger partial charge in [0, 0.05) is 30.9 Å². The van der Waals surface area contributed by atoms with Crippen LogP contribution in [-0.4, -0.2) is 19.1 Å². The number of aromatic nitrogens is 1. The van der Waals surface area contributed by atoms with Gasteiger partial charge in [0.15, 0.2) is 5.76 Å². The third kappa shape index (κ3) is 2.78. The van der Waals surface area contributed by atoms with Crippen LogP contribution in [0.2, 0.25) is 5.35 Å². The Labute approximate surface area is 128 Å². The minimum atomic E-state index is 0.153. The Balaban J connectivity index is 2.07. The van der Waals surface area contributed by atoms with Crippen LogP contribution >= 0.6 is 11.6 Å². The molecule has 0 amide bonds. The number of anilines is 1. The molecular weight excluding hydrogens is 284 g/mol. The SMILES string of the molecule is CN(C)c1ccc(-c2oc(Cl)nc2-c2ccccc2)cc1. The summed E-state index contributed by atoms with van der Waals surface area (Å²) in [6, 6.07) is 18.0. The van der Waals surface area contributed by atoms with Crippen molar-refractivity contribution in [2.45, 2.75) is 0 Å². The Morgan fingerprint density at radius 2 is 1.57 bits per heavy atom. The van der Waals surface area contributed by atoms with Crippen molar-refractivity contribution in [2.75, 3.05) is 19.0 Å². The molecule has 0 atom stereocenters. The average molecular weight is 299 g/mol. The summed E-state index contributed by atoms with van der Waals surface area (Å²) in [5.74, 6) is 0.691. The fourth-order valence-electron chi connectivity index (χ4n) is 2.19. The standard InChI is InChI=1S/C17H15ClN2O/c1-20(2)14-10-8-13(9-11-14)16-15(19-17(18)21-16)12-6-4-3-5-7-12/h3-11H,1-2H3. The van der Waals surface area contributed by atoms with Crippen molar-refractivity contribution in [2.24, 2.45) is 0 Å². The molecule has 0 fully saturated rings. The van der Waals surface area contributed by atoms with E-state index in [1.165, 1.54) is 0 Å². The fraction of sp³-hybridized carbons (Fsp3) is 0.118. The maximum Gasteiger partial charge on any atom is 0.293 e. The van der Waals surface area contributed by atoms with Crippen LogP contribution in [0, 0.1) is 0 Å². The van der Waals surface area contributed by atoms with Gasteiger partial charge in [-0.3, -0.25) is 0 Å². The first-order valence-electron chi connectivity index (χ1n) is 6.64. The van der Waals surface area contributed by atoms with Gasteiger partial charge in [-0.2, -0.15) is 4.98 Å². The van der Waals surface area contributed by atoms with E-state index in [0.717, 1.165) is 22.5 Å². The van der Waals surface area contributed by atoms with Crippen LogP contribution in [0.5, 0.6) is 0 Å². The lowest BCUT2D eigenvalue weighted by Crippen LogP contribution is -2.07. The summed E-state index contributed by atoms with van der Waals surface area (Å²) >= 11 is 5.96. The highest BCUT2D eigenvalue weighted by Crippen LogP contribution is 2.34. The first-order chi connectivity index (χ1) is 10.1. The molecule has 1 heterocycles. The number of halogens is 1. The molecule has 0 saturated carbocycles. The maximum atomic E-state index is 5.96. The van der Waals surface area contributed by atoms with E-state index in [0.29, 0.717) is 5.76 Å². The molecule has 1 aromatic heterocycles. The molecule has 3 rings (SSSR count). The van der Waals surface area contributed by atoms with E-state index < -0.39 is 0 Å². The summed E-state index contributed by atoms with van der Waals surface area (Å²) < 4.78 is 5.60. The van der Waals surface area contributed by atoms with E-state index in [1.807, 2.05) is 68.7 Å². The van der Waals surface area contributed by atoms with Gasteiger partial charge in [-0.25, -0.2) is 0 Å². The first kappa shape index (κ1) is 13.7. The van der Waals surface area contributed by atoms with Crippen molar-refractivity contribution in [3.05, 3.63) is 59.9 Å². The van der Waals surface area contributed by atoms with Crippen LogP contribution in [0.15, 0.2) is 59.0 Å². The molecule has 0 bridgehead atoms. The molecule has 0 aliphatic heterocycles. The van der Waals surface area contributed by atoms with Crippen molar-refractivity contribution >= 4 is 17.3 Å². The highest BCUT2D eigenvalue weighted by atomic mass is 35.5. The summed E-state index contributed by atoms with van der Waals surface area (Å²) in [7, 11) is 4.02. The highest BCUT2D eigenvalue weighted by molar-refractivity contribution is 6.28. The summed E-state index contributed by atoms with van der Waals surface area (Å²) in [5, 5.41) is 0.153. The molecule has 0 spiro atoms. The van der Waals surface area contributed by atoms with Crippen molar-refractivity contribution in [1.82, 2.24) is 4.98 Å². The van der Waals surface area contributed by atoms with Gasteiger partial charge < -0.3 is 9.32 Å². The zero-order valence-corrected chi connectivity index (χ0v) is 12.6. The normalized spacial score (nSPS) is 10.6. The lowest BCUT2D eigenvalue weighted by Gasteiger charge is -2.12. The van der Waals surface area contributed by atoms with Crippen LogP contribution in [0.25, 0.3) is 22.6 Å². The van der Waals surface area contributed by atoms with E-state index in [4.69, 9.17) is 16.0 Å². The molecule has 0 N–H and O–H groups in total. The molecule has 21 heavy (non-hydrogen) atoms. The van der Waals surface area contributed by atoms with Gasteiger partial charge in [-0.15, -0.1) is 0 Å². The van der Waals surface area contributed by atoms with Crippen molar-refractivity contribution in [3.8, 4) is 22.6 Å². The second-order valence-electron chi connectivity index (χ2n) is 4.95. The zero-order chi connectivity index (χ0) is 14.8. The fourth-order valence-corrected chi connectivity index (χ4v) is 2.35. The topological polar surface area (TPSA) is 29.3 Å². The number of rotatable bonds is 3. The summed E-state index contributed by atoms with van der Waals surface area (Å²) in [6.07, 6.45) is 0. The van der Waals surface area contributed by atoms with Crippen LogP contribution in [0.3, 0.4) is 0 Å². The molecule has 0 radical (unpaired) electrons. The molecular formula is C17H15ClN2O. The van der Waals surface area contributed by atoms with Gasteiger partial charge in [0.2, 0.25) is 0 Å². The molecule has 3 nitrogen and oxygen atoms in total. The lowest BCUT2D eigenvalue weighted by molar-refractivity contribution is 0.574. The average Bonchev–Trinajstić information content (AvgIpc) is 2.90. The van der Waals surface area contributed by atoms with Gasteiger partial charge in [0.05, 0.1) is 0 Å². The summed E-state index contributed by atoms with van der Waals surface area (Å²) in [6.45, 7) is 0. The molecule has 0 aliphatic carbocycles. The molecule has 4 heteroatoms. The molecule has 106 valence electrons. The monoisotopic (exact) mass is 298 g/mol. The van der Waals surface area contributed by atoms with Gasteiger partial charge in [-0.05, 0) is 35.9 Å². The Morgan fingerprint density at radius 1 is 0.905 bits per heavy atom. The van der Waals surface area contributed by atoms with E-state index >= 15 is 0 Å². The van der Waals surface area contributed by atoms with E-state index in [2.05, 4.69) is 9.88 Å². The highest BCUT2D eigenvalue weighted by Gasteiger charge is 2.15. The molecule has 0 aliphatic rings.